The summed E-state index contributed by atoms with van der Waals surface area (Å²) in [6.45, 7) is 4.50. The van der Waals surface area contributed by atoms with Crippen molar-refractivity contribution in [1.82, 2.24) is 9.78 Å². The van der Waals surface area contributed by atoms with Gasteiger partial charge in [0.15, 0.2) is 0 Å². The molecule has 5 nitrogen and oxygen atoms in total. The topological polar surface area (TPSA) is 72.9 Å². The molecule has 0 aliphatic carbocycles. The maximum atomic E-state index is 11.8. The Bertz CT molecular complexity index is 611. The molecule has 0 radical (unpaired) electrons. The Kier molecular flexibility index (Phi) is 3.99. The summed E-state index contributed by atoms with van der Waals surface area (Å²) in [5.74, 6) is -0.00507. The van der Waals surface area contributed by atoms with E-state index >= 15 is 0 Å². The molecule has 1 aromatic heterocycles. The van der Waals surface area contributed by atoms with E-state index in [0.717, 1.165) is 5.69 Å². The van der Waals surface area contributed by atoms with Crippen LogP contribution < -0.4 is 11.1 Å². The van der Waals surface area contributed by atoms with Crippen LogP contribution in [0, 0.1) is 6.92 Å². The first-order valence-electron chi connectivity index (χ1n) is 6.34. The van der Waals surface area contributed by atoms with Gasteiger partial charge in [0.25, 0.3) is 5.91 Å². The molecule has 1 amide bonds. The summed E-state index contributed by atoms with van der Waals surface area (Å²) in [6.07, 6.45) is 0. The fraction of sp³-hybridized carbons (Fsp3) is 0.286. The number of rotatable bonds is 5. The highest BCUT2D eigenvalue weighted by atomic mass is 35.5. The molecule has 0 saturated carbocycles. The minimum Gasteiger partial charge on any atom is -0.366 e. The van der Waals surface area contributed by atoms with Gasteiger partial charge < -0.3 is 11.1 Å². The number of aryl methyl sites for hydroxylation is 2. The molecule has 6 heteroatoms. The third-order valence-electron chi connectivity index (χ3n) is 3.01. The van der Waals surface area contributed by atoms with Gasteiger partial charge in [0.2, 0.25) is 5.00 Å². The Hall–Kier alpha value is -2.01. The zero-order valence-electron chi connectivity index (χ0n) is 11.4. The van der Waals surface area contributed by atoms with Crippen LogP contribution in [-0.4, -0.2) is 15.7 Å². The lowest BCUT2D eigenvalue weighted by atomic mass is 10.1. The number of hydrogen-bond acceptors (Lipinski definition) is 3. The molecule has 0 fully saturated rings. The fourth-order valence-corrected chi connectivity index (χ4v) is 2.23. The van der Waals surface area contributed by atoms with Gasteiger partial charge in [0.05, 0.1) is 5.69 Å². The van der Waals surface area contributed by atoms with Crippen LogP contribution in [0.2, 0.25) is 0 Å². The third kappa shape index (κ3) is 2.63. The summed E-state index contributed by atoms with van der Waals surface area (Å²) in [5, 5.41) is 7.31. The number of nitrogens with zero attached hydrogens (tertiary/aromatic N) is 2. The summed E-state index contributed by atoms with van der Waals surface area (Å²) in [4.78, 5) is 10.3. The van der Waals surface area contributed by atoms with Gasteiger partial charge in [-0.1, -0.05) is 41.9 Å². The van der Waals surface area contributed by atoms with Crippen molar-refractivity contribution in [2.24, 2.45) is 5.73 Å². The first-order valence-corrected chi connectivity index (χ1v) is 6.72. The van der Waals surface area contributed by atoms with E-state index in [-0.39, 0.29) is 0 Å². The predicted octanol–water partition coefficient (Wildman–Crippen LogP) is 2.20. The summed E-state index contributed by atoms with van der Waals surface area (Å²) in [6, 6.07) is 10.8. The van der Waals surface area contributed by atoms with Crippen LogP contribution >= 0.6 is 11.6 Å². The van der Waals surface area contributed by atoms with Crippen molar-refractivity contribution in [1.29, 1.82) is 0 Å². The lowest BCUT2D eigenvalue weighted by Gasteiger charge is -2.26. The van der Waals surface area contributed by atoms with Crippen LogP contribution in [-0.2, 0) is 16.3 Å². The van der Waals surface area contributed by atoms with Crippen molar-refractivity contribution in [3.05, 3.63) is 47.7 Å². The number of halogens is 1. The maximum Gasteiger partial charge on any atom is 0.263 e. The van der Waals surface area contributed by atoms with Crippen LogP contribution in [0.3, 0.4) is 0 Å². The average molecular weight is 293 g/mol. The van der Waals surface area contributed by atoms with Crippen molar-refractivity contribution in [2.45, 2.75) is 25.4 Å². The second kappa shape index (κ2) is 5.54. The zero-order valence-corrected chi connectivity index (χ0v) is 12.2. The number of primary amides is 1. The number of amides is 1. The SMILES string of the molecule is CCn1nc(C)cc1NC(Cl)(C(N)=O)c1ccccc1. The van der Waals surface area contributed by atoms with E-state index in [2.05, 4.69) is 10.4 Å². The maximum absolute atomic E-state index is 11.8. The summed E-state index contributed by atoms with van der Waals surface area (Å²) < 4.78 is 1.73. The Morgan fingerprint density at radius 2 is 2.10 bits per heavy atom. The van der Waals surface area contributed by atoms with Gasteiger partial charge in [-0.3, -0.25) is 4.79 Å². The lowest BCUT2D eigenvalue weighted by molar-refractivity contribution is -0.120. The Balaban J connectivity index is 2.42. The van der Waals surface area contributed by atoms with Gasteiger partial charge in [0.1, 0.15) is 5.82 Å². The van der Waals surface area contributed by atoms with E-state index in [1.807, 2.05) is 26.0 Å². The average Bonchev–Trinajstić information content (AvgIpc) is 2.79. The molecule has 1 heterocycles. The number of carbonyl (C=O) groups is 1. The minimum atomic E-state index is -1.50. The van der Waals surface area contributed by atoms with Gasteiger partial charge in [0, 0.05) is 18.2 Å². The van der Waals surface area contributed by atoms with E-state index < -0.39 is 10.9 Å². The van der Waals surface area contributed by atoms with E-state index in [0.29, 0.717) is 17.9 Å². The van der Waals surface area contributed by atoms with Gasteiger partial charge in [-0.05, 0) is 13.8 Å². The fourth-order valence-electron chi connectivity index (χ4n) is 2.01. The predicted molar refractivity (Wildman–Crippen MR) is 79.4 cm³/mol. The van der Waals surface area contributed by atoms with Gasteiger partial charge in [-0.2, -0.15) is 5.10 Å². The van der Waals surface area contributed by atoms with Crippen molar-refractivity contribution in [3.8, 4) is 0 Å². The summed E-state index contributed by atoms with van der Waals surface area (Å²) >= 11 is 6.45. The summed E-state index contributed by atoms with van der Waals surface area (Å²) in [5.41, 5.74) is 6.92. The molecule has 0 aliphatic rings. The standard InChI is InChI=1S/C14H17ClN4O/c1-3-19-12(9-10(2)18-19)17-14(15,13(16)20)11-7-5-4-6-8-11/h4-9,17H,3H2,1-2H3,(H2,16,20). The smallest absolute Gasteiger partial charge is 0.263 e. The molecule has 1 unspecified atom stereocenters. The zero-order chi connectivity index (χ0) is 14.8. The van der Waals surface area contributed by atoms with Crippen molar-refractivity contribution in [3.63, 3.8) is 0 Å². The largest absolute Gasteiger partial charge is 0.366 e. The molecule has 2 rings (SSSR count). The Labute approximate surface area is 122 Å². The molecule has 106 valence electrons. The highest BCUT2D eigenvalue weighted by Crippen LogP contribution is 2.30. The summed E-state index contributed by atoms with van der Waals surface area (Å²) in [7, 11) is 0. The molecule has 0 spiro atoms. The molecule has 1 atom stereocenters. The van der Waals surface area contributed by atoms with Gasteiger partial charge in [-0.25, -0.2) is 4.68 Å². The number of anilines is 1. The third-order valence-corrected chi connectivity index (χ3v) is 3.51. The molecule has 2 aromatic rings. The molecule has 20 heavy (non-hydrogen) atoms. The van der Waals surface area contributed by atoms with Crippen LogP contribution in [0.25, 0.3) is 0 Å². The van der Waals surface area contributed by atoms with Crippen LogP contribution in [0.1, 0.15) is 18.2 Å². The minimum absolute atomic E-state index is 0.593. The van der Waals surface area contributed by atoms with Crippen LogP contribution in [0.15, 0.2) is 36.4 Å². The quantitative estimate of drug-likeness (QED) is 0.655. The molecule has 1 aromatic carbocycles. The number of nitrogens with one attached hydrogen (secondary N) is 1. The van der Waals surface area contributed by atoms with Crippen molar-refractivity contribution >= 4 is 23.3 Å². The van der Waals surface area contributed by atoms with E-state index in [1.165, 1.54) is 0 Å². The van der Waals surface area contributed by atoms with E-state index in [9.17, 15) is 4.79 Å². The molecule has 0 bridgehead atoms. The van der Waals surface area contributed by atoms with Gasteiger partial charge >= 0.3 is 0 Å². The van der Waals surface area contributed by atoms with E-state index in [4.69, 9.17) is 17.3 Å². The monoisotopic (exact) mass is 292 g/mol. The number of nitrogens with two attached hydrogens (primary N) is 1. The number of carbonyl (C=O) groups excluding carboxylic acids is 1. The Morgan fingerprint density at radius 3 is 2.65 bits per heavy atom. The molecular weight excluding hydrogens is 276 g/mol. The van der Waals surface area contributed by atoms with Crippen LogP contribution in [0.5, 0.6) is 0 Å². The second-order valence-electron chi connectivity index (χ2n) is 4.50. The second-order valence-corrected chi connectivity index (χ2v) is 5.07. The number of hydrogen-bond donors (Lipinski definition) is 2. The number of benzene rings is 1. The lowest BCUT2D eigenvalue weighted by Crippen LogP contribution is -2.43. The van der Waals surface area contributed by atoms with Crippen molar-refractivity contribution < 1.29 is 4.79 Å². The van der Waals surface area contributed by atoms with E-state index in [1.54, 1.807) is 28.9 Å². The molecule has 0 aliphatic heterocycles. The highest BCUT2D eigenvalue weighted by Gasteiger charge is 2.37. The van der Waals surface area contributed by atoms with Gasteiger partial charge in [-0.15, -0.1) is 0 Å². The van der Waals surface area contributed by atoms with Crippen molar-refractivity contribution in [2.75, 3.05) is 5.32 Å². The first kappa shape index (κ1) is 14.4. The highest BCUT2D eigenvalue weighted by molar-refractivity contribution is 6.35. The number of alkyl halides is 1. The van der Waals surface area contributed by atoms with Crippen LogP contribution in [0.4, 0.5) is 5.82 Å². The molecule has 0 saturated heterocycles. The first-order chi connectivity index (χ1) is 9.47. The normalized spacial score (nSPS) is 13.8. The molecule has 3 N–H and O–H groups in total. The Morgan fingerprint density at radius 1 is 1.45 bits per heavy atom. The molecular formula is C14H17ClN4O. The number of aromatic nitrogens is 2.